The van der Waals surface area contributed by atoms with Gasteiger partial charge in [-0.2, -0.15) is 0 Å². The standard InChI is InChI=1S/C9H16FNO2/c10-5-1-4-9(6-11,8(12)13)7-2-3-7/h7H,1-6,11H2,(H,12,13). The molecular weight excluding hydrogens is 173 g/mol. The van der Waals surface area contributed by atoms with Gasteiger partial charge in [-0.25, -0.2) is 0 Å². The fraction of sp³-hybridized carbons (Fsp3) is 0.889. The SMILES string of the molecule is NCC(CCCF)(C(=O)O)C1CC1. The van der Waals surface area contributed by atoms with Crippen molar-refractivity contribution in [2.24, 2.45) is 17.1 Å². The maximum atomic E-state index is 12.0. The lowest BCUT2D eigenvalue weighted by molar-refractivity contribution is -0.150. The lowest BCUT2D eigenvalue weighted by atomic mass is 9.78. The van der Waals surface area contributed by atoms with Gasteiger partial charge in [-0.05, 0) is 31.6 Å². The molecule has 0 aromatic rings. The average Bonchev–Trinajstić information content (AvgIpc) is 2.90. The topological polar surface area (TPSA) is 63.3 Å². The lowest BCUT2D eigenvalue weighted by Crippen LogP contribution is -2.40. The first-order chi connectivity index (χ1) is 6.17. The molecule has 1 rings (SSSR count). The summed E-state index contributed by atoms with van der Waals surface area (Å²) in [5.41, 5.74) is 4.65. The Bertz CT molecular complexity index is 194. The Morgan fingerprint density at radius 2 is 2.23 bits per heavy atom. The van der Waals surface area contributed by atoms with E-state index in [-0.39, 0.29) is 12.5 Å². The van der Waals surface area contributed by atoms with E-state index in [1.807, 2.05) is 0 Å². The molecule has 1 fully saturated rings. The molecular formula is C9H16FNO2. The smallest absolute Gasteiger partial charge is 0.311 e. The molecule has 0 heterocycles. The molecule has 3 nitrogen and oxygen atoms in total. The third-order valence-electron chi connectivity index (χ3n) is 2.91. The second kappa shape index (κ2) is 4.05. The monoisotopic (exact) mass is 189 g/mol. The van der Waals surface area contributed by atoms with Crippen molar-refractivity contribution >= 4 is 5.97 Å². The van der Waals surface area contributed by atoms with Gasteiger partial charge in [-0.1, -0.05) is 0 Å². The normalized spacial score (nSPS) is 21.1. The van der Waals surface area contributed by atoms with E-state index in [1.54, 1.807) is 0 Å². The van der Waals surface area contributed by atoms with Crippen LogP contribution in [0.2, 0.25) is 0 Å². The van der Waals surface area contributed by atoms with E-state index in [9.17, 15) is 9.18 Å². The summed E-state index contributed by atoms with van der Waals surface area (Å²) in [6.07, 6.45) is 2.53. The summed E-state index contributed by atoms with van der Waals surface area (Å²) in [7, 11) is 0. The van der Waals surface area contributed by atoms with Crippen molar-refractivity contribution in [2.45, 2.75) is 25.7 Å². The first-order valence-electron chi connectivity index (χ1n) is 4.67. The number of rotatable bonds is 6. The van der Waals surface area contributed by atoms with Crippen molar-refractivity contribution in [3.8, 4) is 0 Å². The molecule has 1 aliphatic rings. The molecule has 76 valence electrons. The van der Waals surface area contributed by atoms with Crippen LogP contribution >= 0.6 is 0 Å². The van der Waals surface area contributed by atoms with Gasteiger partial charge >= 0.3 is 5.97 Å². The van der Waals surface area contributed by atoms with Gasteiger partial charge in [0, 0.05) is 6.54 Å². The van der Waals surface area contributed by atoms with Gasteiger partial charge in [0.1, 0.15) is 0 Å². The van der Waals surface area contributed by atoms with E-state index in [4.69, 9.17) is 10.8 Å². The molecule has 0 aliphatic heterocycles. The van der Waals surface area contributed by atoms with Crippen LogP contribution in [-0.4, -0.2) is 24.3 Å². The Balaban J connectivity index is 2.64. The lowest BCUT2D eigenvalue weighted by Gasteiger charge is -2.27. The van der Waals surface area contributed by atoms with Crippen LogP contribution < -0.4 is 5.73 Å². The molecule has 0 aromatic heterocycles. The predicted octanol–water partition coefficient (Wildman–Crippen LogP) is 1.18. The molecule has 1 atom stereocenters. The first kappa shape index (κ1) is 10.4. The van der Waals surface area contributed by atoms with E-state index >= 15 is 0 Å². The van der Waals surface area contributed by atoms with E-state index in [1.165, 1.54) is 0 Å². The second-order valence-corrected chi connectivity index (χ2v) is 3.73. The number of carbonyl (C=O) groups is 1. The van der Waals surface area contributed by atoms with Crippen molar-refractivity contribution in [3.63, 3.8) is 0 Å². The van der Waals surface area contributed by atoms with Crippen LogP contribution in [0.15, 0.2) is 0 Å². The van der Waals surface area contributed by atoms with Gasteiger partial charge in [-0.3, -0.25) is 9.18 Å². The average molecular weight is 189 g/mol. The number of hydrogen-bond donors (Lipinski definition) is 2. The molecule has 1 unspecified atom stereocenters. The van der Waals surface area contributed by atoms with Gasteiger partial charge in [0.15, 0.2) is 0 Å². The zero-order valence-electron chi connectivity index (χ0n) is 7.63. The molecule has 0 amide bonds. The molecule has 0 spiro atoms. The summed E-state index contributed by atoms with van der Waals surface area (Å²) in [4.78, 5) is 11.0. The van der Waals surface area contributed by atoms with Gasteiger partial charge in [-0.15, -0.1) is 0 Å². The minimum atomic E-state index is -0.856. The highest BCUT2D eigenvalue weighted by Crippen LogP contribution is 2.48. The quantitative estimate of drug-likeness (QED) is 0.659. The molecule has 0 radical (unpaired) electrons. The molecule has 4 heteroatoms. The number of hydrogen-bond acceptors (Lipinski definition) is 2. The molecule has 13 heavy (non-hydrogen) atoms. The van der Waals surface area contributed by atoms with Crippen LogP contribution in [0.1, 0.15) is 25.7 Å². The van der Waals surface area contributed by atoms with Crippen molar-refractivity contribution < 1.29 is 14.3 Å². The van der Waals surface area contributed by atoms with E-state index in [0.29, 0.717) is 12.8 Å². The summed E-state index contributed by atoms with van der Waals surface area (Å²) >= 11 is 0. The Morgan fingerprint density at radius 3 is 2.54 bits per heavy atom. The van der Waals surface area contributed by atoms with Crippen LogP contribution in [0.25, 0.3) is 0 Å². The fourth-order valence-corrected chi connectivity index (χ4v) is 1.86. The summed E-state index contributed by atoms with van der Waals surface area (Å²) in [6, 6.07) is 0. The zero-order chi connectivity index (χ0) is 9.90. The fourth-order valence-electron chi connectivity index (χ4n) is 1.86. The van der Waals surface area contributed by atoms with Gasteiger partial charge < -0.3 is 10.8 Å². The summed E-state index contributed by atoms with van der Waals surface area (Å²) in [6.45, 7) is -0.325. The Labute approximate surface area is 77.1 Å². The maximum absolute atomic E-state index is 12.0. The van der Waals surface area contributed by atoms with Gasteiger partial charge in [0.05, 0.1) is 12.1 Å². The predicted molar refractivity (Wildman–Crippen MR) is 47.1 cm³/mol. The molecule has 1 saturated carbocycles. The van der Waals surface area contributed by atoms with Crippen molar-refractivity contribution in [3.05, 3.63) is 0 Å². The van der Waals surface area contributed by atoms with Crippen LogP contribution in [0, 0.1) is 11.3 Å². The Hall–Kier alpha value is -0.640. The highest BCUT2D eigenvalue weighted by atomic mass is 19.1. The van der Waals surface area contributed by atoms with Crippen molar-refractivity contribution in [1.82, 2.24) is 0 Å². The minimum Gasteiger partial charge on any atom is -0.481 e. The van der Waals surface area contributed by atoms with Crippen LogP contribution in [0.5, 0.6) is 0 Å². The number of halogens is 1. The number of nitrogens with two attached hydrogens (primary N) is 1. The molecule has 3 N–H and O–H groups in total. The Morgan fingerprint density at radius 1 is 1.62 bits per heavy atom. The summed E-state index contributed by atoms with van der Waals surface area (Å²) in [5, 5.41) is 9.06. The maximum Gasteiger partial charge on any atom is 0.311 e. The van der Waals surface area contributed by atoms with E-state index in [0.717, 1.165) is 12.8 Å². The number of carboxylic acids is 1. The Kier molecular flexibility index (Phi) is 3.25. The van der Waals surface area contributed by atoms with Crippen molar-refractivity contribution in [1.29, 1.82) is 0 Å². The number of alkyl halides is 1. The third-order valence-corrected chi connectivity index (χ3v) is 2.91. The first-order valence-corrected chi connectivity index (χ1v) is 4.67. The second-order valence-electron chi connectivity index (χ2n) is 3.73. The minimum absolute atomic E-state index is 0.132. The van der Waals surface area contributed by atoms with Crippen LogP contribution in [0.4, 0.5) is 4.39 Å². The van der Waals surface area contributed by atoms with Crippen LogP contribution in [-0.2, 0) is 4.79 Å². The summed E-state index contributed by atoms with van der Waals surface area (Å²) in [5.74, 6) is -0.674. The van der Waals surface area contributed by atoms with E-state index < -0.39 is 18.1 Å². The summed E-state index contributed by atoms with van der Waals surface area (Å²) < 4.78 is 12.0. The van der Waals surface area contributed by atoms with Crippen LogP contribution in [0.3, 0.4) is 0 Å². The molecule has 0 bridgehead atoms. The molecule has 0 aromatic carbocycles. The number of aliphatic carboxylic acids is 1. The zero-order valence-corrected chi connectivity index (χ0v) is 7.63. The number of carboxylic acid groups (broad SMARTS) is 1. The van der Waals surface area contributed by atoms with E-state index in [2.05, 4.69) is 0 Å². The van der Waals surface area contributed by atoms with Gasteiger partial charge in [0.2, 0.25) is 0 Å². The highest BCUT2D eigenvalue weighted by molar-refractivity contribution is 5.75. The van der Waals surface area contributed by atoms with Gasteiger partial charge in [0.25, 0.3) is 0 Å². The molecule has 1 aliphatic carbocycles. The van der Waals surface area contributed by atoms with Crippen molar-refractivity contribution in [2.75, 3.05) is 13.2 Å². The molecule has 0 saturated heterocycles. The largest absolute Gasteiger partial charge is 0.481 e. The third kappa shape index (κ3) is 1.99. The highest BCUT2D eigenvalue weighted by Gasteiger charge is 2.49.